The first kappa shape index (κ1) is 18.0. The molecule has 0 bridgehead atoms. The van der Waals surface area contributed by atoms with Crippen LogP contribution in [0.25, 0.3) is 0 Å². The zero-order valence-electron chi connectivity index (χ0n) is 14.0. The van der Waals surface area contributed by atoms with Gasteiger partial charge in [0.1, 0.15) is 29.4 Å². The van der Waals surface area contributed by atoms with Gasteiger partial charge in [-0.25, -0.2) is 4.79 Å². The summed E-state index contributed by atoms with van der Waals surface area (Å²) in [6.07, 6.45) is 1.46. The molecule has 1 aromatic heterocycles. The summed E-state index contributed by atoms with van der Waals surface area (Å²) in [5.74, 6) is -2.51. The summed E-state index contributed by atoms with van der Waals surface area (Å²) in [6, 6.07) is 0.691. The number of hydrogen-bond acceptors (Lipinski definition) is 7. The van der Waals surface area contributed by atoms with Crippen LogP contribution in [0.3, 0.4) is 0 Å². The van der Waals surface area contributed by atoms with Crippen LogP contribution >= 0.6 is 11.8 Å². The lowest BCUT2D eigenvalue weighted by molar-refractivity contribution is -0.149. The number of aliphatic carboxylic acids is 1. The third-order valence-corrected chi connectivity index (χ3v) is 5.38. The molecular formula is C15H16N4O6S. The molecule has 0 aliphatic carbocycles. The first-order chi connectivity index (χ1) is 12.3. The molecule has 3 rings (SSSR count). The van der Waals surface area contributed by atoms with Crippen LogP contribution in [0.1, 0.15) is 17.4 Å². The van der Waals surface area contributed by atoms with Gasteiger partial charge in [-0.3, -0.25) is 24.0 Å². The number of rotatable bonds is 5. The Balaban J connectivity index is 1.77. The maximum absolute atomic E-state index is 12.5. The highest BCUT2D eigenvalue weighted by molar-refractivity contribution is 8.00. The quantitative estimate of drug-likeness (QED) is 0.508. The number of carbonyl (C=O) groups excluding carboxylic acids is 3. The fourth-order valence-electron chi connectivity index (χ4n) is 2.79. The average molecular weight is 380 g/mol. The highest BCUT2D eigenvalue weighted by Crippen LogP contribution is 2.40. The van der Waals surface area contributed by atoms with Crippen molar-refractivity contribution in [3.8, 4) is 0 Å². The van der Waals surface area contributed by atoms with Crippen LogP contribution in [0.5, 0.6) is 0 Å². The summed E-state index contributed by atoms with van der Waals surface area (Å²) < 4.78 is 6.25. The molecule has 0 saturated carbocycles. The summed E-state index contributed by atoms with van der Waals surface area (Å²) in [4.78, 5) is 48.4. The molecule has 26 heavy (non-hydrogen) atoms. The van der Waals surface area contributed by atoms with Crippen LogP contribution in [0.4, 0.5) is 0 Å². The van der Waals surface area contributed by atoms with Crippen molar-refractivity contribution in [3.63, 3.8) is 0 Å². The Bertz CT molecular complexity index is 832. The monoisotopic (exact) mass is 380 g/mol. The Morgan fingerprint density at radius 1 is 1.46 bits per heavy atom. The molecule has 0 radical (unpaired) electrons. The summed E-state index contributed by atoms with van der Waals surface area (Å²) in [5.41, 5.74) is 0.450. The normalized spacial score (nSPS) is 21.8. The molecule has 2 N–H and O–H groups in total. The average Bonchev–Trinajstić information content (AvgIpc) is 3.02. The van der Waals surface area contributed by atoms with E-state index < -0.39 is 35.2 Å². The maximum Gasteiger partial charge on any atom is 0.352 e. The number of nitrogens with one attached hydrogen (secondary N) is 1. The second-order valence-electron chi connectivity index (χ2n) is 5.74. The Kier molecular flexibility index (Phi) is 4.72. The van der Waals surface area contributed by atoms with E-state index in [0.717, 1.165) is 4.90 Å². The number of nitrogens with zero attached hydrogens (tertiary/aromatic N) is 3. The zero-order valence-corrected chi connectivity index (χ0v) is 14.8. The number of amides is 2. The molecule has 0 spiro atoms. The van der Waals surface area contributed by atoms with Gasteiger partial charge in [0.05, 0.1) is 0 Å². The van der Waals surface area contributed by atoms with Gasteiger partial charge in [0, 0.05) is 31.5 Å². The number of thioether (sulfide) groups is 1. The van der Waals surface area contributed by atoms with E-state index in [1.807, 2.05) is 0 Å². The summed E-state index contributed by atoms with van der Waals surface area (Å²) >= 11 is 1.30. The van der Waals surface area contributed by atoms with Crippen LogP contribution in [0, 0.1) is 0 Å². The maximum atomic E-state index is 12.5. The molecule has 138 valence electrons. The molecule has 11 heteroatoms. The number of aryl methyl sites for hydroxylation is 1. The fraction of sp³-hybridized carbons (Fsp3) is 0.400. The molecule has 1 saturated heterocycles. The van der Waals surface area contributed by atoms with Gasteiger partial charge >= 0.3 is 11.9 Å². The predicted molar refractivity (Wildman–Crippen MR) is 88.8 cm³/mol. The molecule has 2 amide bonds. The lowest BCUT2D eigenvalue weighted by atomic mass is 10.0. The molecule has 1 fully saturated rings. The third-order valence-electron chi connectivity index (χ3n) is 4.04. The first-order valence-electron chi connectivity index (χ1n) is 7.63. The van der Waals surface area contributed by atoms with Crippen LogP contribution < -0.4 is 5.32 Å². The Morgan fingerprint density at radius 2 is 2.19 bits per heavy atom. The third kappa shape index (κ3) is 3.05. The van der Waals surface area contributed by atoms with E-state index in [2.05, 4.69) is 10.4 Å². The van der Waals surface area contributed by atoms with Crippen molar-refractivity contribution in [1.82, 2.24) is 20.0 Å². The van der Waals surface area contributed by atoms with Crippen LogP contribution in [-0.4, -0.2) is 67.3 Å². The number of carboxylic acids is 1. The Hall–Kier alpha value is -2.82. The second-order valence-corrected chi connectivity index (χ2v) is 6.84. The summed E-state index contributed by atoms with van der Waals surface area (Å²) in [6.45, 7) is 1.03. The standard InChI is InChI=1S/C15H16N4O6S/c1-7(20)25-5-8-6-26-14-10(13(22)19(14)11(8)15(23)24)17-12(21)9-3-4-16-18(9)2/h3-4,10,14H,5-6H2,1-2H3,(H,17,21)(H,23,24)/t10-,14-/m1/s1. The number of β-lactam (4-membered cyclic amide) rings is 1. The number of carboxylic acid groups (broad SMARTS) is 1. The van der Waals surface area contributed by atoms with E-state index >= 15 is 0 Å². The van der Waals surface area contributed by atoms with Gasteiger partial charge in [-0.15, -0.1) is 11.8 Å². The number of hydrogen-bond donors (Lipinski definition) is 2. The van der Waals surface area contributed by atoms with Crippen LogP contribution in [0.2, 0.25) is 0 Å². The number of ether oxygens (including phenoxy) is 1. The Morgan fingerprint density at radius 3 is 2.77 bits per heavy atom. The highest BCUT2D eigenvalue weighted by atomic mass is 32.2. The van der Waals surface area contributed by atoms with Crippen molar-refractivity contribution in [1.29, 1.82) is 0 Å². The van der Waals surface area contributed by atoms with Crippen molar-refractivity contribution in [2.45, 2.75) is 18.3 Å². The second kappa shape index (κ2) is 6.83. The van der Waals surface area contributed by atoms with Gasteiger partial charge in [-0.05, 0) is 6.07 Å². The van der Waals surface area contributed by atoms with Gasteiger partial charge in [0.25, 0.3) is 11.8 Å². The molecule has 3 heterocycles. The van der Waals surface area contributed by atoms with Crippen molar-refractivity contribution in [2.75, 3.05) is 12.4 Å². The first-order valence-corrected chi connectivity index (χ1v) is 8.68. The van der Waals surface area contributed by atoms with Gasteiger partial charge in [-0.1, -0.05) is 0 Å². The van der Waals surface area contributed by atoms with E-state index in [1.54, 1.807) is 7.05 Å². The van der Waals surface area contributed by atoms with E-state index in [1.165, 1.54) is 35.6 Å². The molecule has 2 atom stereocenters. The minimum atomic E-state index is -1.28. The van der Waals surface area contributed by atoms with Gasteiger partial charge in [-0.2, -0.15) is 5.10 Å². The molecule has 0 unspecified atom stereocenters. The minimum Gasteiger partial charge on any atom is -0.477 e. The van der Waals surface area contributed by atoms with Crippen molar-refractivity contribution >= 4 is 35.5 Å². The highest BCUT2D eigenvalue weighted by Gasteiger charge is 2.54. The van der Waals surface area contributed by atoms with Crippen LogP contribution in [-0.2, 0) is 26.2 Å². The largest absolute Gasteiger partial charge is 0.477 e. The van der Waals surface area contributed by atoms with E-state index in [-0.39, 0.29) is 18.1 Å². The number of fused-ring (bicyclic) bond motifs is 1. The van der Waals surface area contributed by atoms with Gasteiger partial charge in [0.2, 0.25) is 0 Å². The van der Waals surface area contributed by atoms with Crippen molar-refractivity contribution < 1.29 is 29.0 Å². The van der Waals surface area contributed by atoms with Gasteiger partial charge < -0.3 is 15.2 Å². The summed E-state index contributed by atoms with van der Waals surface area (Å²) in [5, 5.41) is 15.5. The van der Waals surface area contributed by atoms with E-state index in [9.17, 15) is 24.3 Å². The number of esters is 1. The van der Waals surface area contributed by atoms with Crippen molar-refractivity contribution in [3.05, 3.63) is 29.2 Å². The molecule has 0 aromatic carbocycles. The molecule has 2 aliphatic rings. The fourth-order valence-corrected chi connectivity index (χ4v) is 4.12. The topological polar surface area (TPSA) is 131 Å². The summed E-state index contributed by atoms with van der Waals surface area (Å²) in [7, 11) is 1.60. The minimum absolute atomic E-state index is 0.188. The number of aromatic nitrogens is 2. The van der Waals surface area contributed by atoms with Gasteiger partial charge in [0.15, 0.2) is 0 Å². The van der Waals surface area contributed by atoms with Crippen molar-refractivity contribution in [2.24, 2.45) is 7.05 Å². The molecular weight excluding hydrogens is 364 g/mol. The predicted octanol–water partition coefficient (Wildman–Crippen LogP) is -0.665. The lowest BCUT2D eigenvalue weighted by Gasteiger charge is -2.49. The molecule has 2 aliphatic heterocycles. The molecule has 10 nitrogen and oxygen atoms in total. The van der Waals surface area contributed by atoms with Crippen LogP contribution in [0.15, 0.2) is 23.5 Å². The van der Waals surface area contributed by atoms with E-state index in [0.29, 0.717) is 11.3 Å². The van der Waals surface area contributed by atoms with E-state index in [4.69, 9.17) is 4.74 Å². The smallest absolute Gasteiger partial charge is 0.352 e. The zero-order chi connectivity index (χ0) is 19.0. The SMILES string of the molecule is CC(=O)OCC1=C(C(=O)O)N2C(=O)[C@@H](NC(=O)c3ccnn3C)[C@H]2SC1. The molecule has 1 aromatic rings. The number of carbonyl (C=O) groups is 4. The Labute approximate surface area is 152 Å². The lowest BCUT2D eigenvalue weighted by Crippen LogP contribution is -2.70.